The van der Waals surface area contributed by atoms with Crippen LogP contribution in [0, 0.1) is 0 Å². The van der Waals surface area contributed by atoms with E-state index in [1.165, 1.54) is 7.05 Å². The van der Waals surface area contributed by atoms with Crippen LogP contribution < -0.4 is 16.6 Å². The van der Waals surface area contributed by atoms with Gasteiger partial charge in [-0.25, -0.2) is 9.78 Å². The third-order valence-corrected chi connectivity index (χ3v) is 4.87. The molecule has 1 N–H and O–H groups in total. The number of pyridine rings is 1. The number of aromatic nitrogens is 3. The summed E-state index contributed by atoms with van der Waals surface area (Å²) in [6, 6.07) is 13.5. The lowest BCUT2D eigenvalue weighted by molar-refractivity contribution is 0.661. The molecule has 0 amide bonds. The minimum atomic E-state index is -0.337. The van der Waals surface area contributed by atoms with Crippen molar-refractivity contribution in [3.8, 4) is 0 Å². The van der Waals surface area contributed by atoms with Crippen molar-refractivity contribution in [1.82, 2.24) is 19.4 Å². The summed E-state index contributed by atoms with van der Waals surface area (Å²) in [7, 11) is 1.51. The number of rotatable bonds is 3. The Hall–Kier alpha value is -2.73. The highest BCUT2D eigenvalue weighted by Crippen LogP contribution is 2.22. The Balaban J connectivity index is 1.93. The Morgan fingerprint density at radius 3 is 2.68 bits per heavy atom. The molecule has 0 spiro atoms. The van der Waals surface area contributed by atoms with Crippen LogP contribution in [-0.4, -0.2) is 27.2 Å². The maximum Gasteiger partial charge on any atom is 0.332 e. The fourth-order valence-corrected chi connectivity index (χ4v) is 3.42. The molecule has 4 rings (SSSR count). The molecule has 6 heteroatoms. The van der Waals surface area contributed by atoms with E-state index in [4.69, 9.17) is 4.98 Å². The molecule has 1 atom stereocenters. The van der Waals surface area contributed by atoms with E-state index in [9.17, 15) is 9.59 Å². The lowest BCUT2D eigenvalue weighted by Gasteiger charge is -2.14. The van der Waals surface area contributed by atoms with Crippen molar-refractivity contribution in [3.63, 3.8) is 0 Å². The zero-order valence-electron chi connectivity index (χ0n) is 14.1. The molecule has 25 heavy (non-hydrogen) atoms. The maximum absolute atomic E-state index is 12.7. The van der Waals surface area contributed by atoms with E-state index in [2.05, 4.69) is 5.32 Å². The van der Waals surface area contributed by atoms with Crippen LogP contribution in [0.1, 0.15) is 23.6 Å². The molecule has 3 aromatic rings. The molecule has 6 nitrogen and oxygen atoms in total. The second-order valence-corrected chi connectivity index (χ2v) is 6.52. The van der Waals surface area contributed by atoms with E-state index in [-0.39, 0.29) is 11.2 Å². The monoisotopic (exact) mass is 336 g/mol. The molecule has 0 bridgehead atoms. The van der Waals surface area contributed by atoms with Crippen LogP contribution in [0.3, 0.4) is 0 Å². The molecule has 128 valence electrons. The molecule has 0 radical (unpaired) electrons. The van der Waals surface area contributed by atoms with Crippen molar-refractivity contribution in [2.45, 2.75) is 18.9 Å². The zero-order valence-corrected chi connectivity index (χ0v) is 14.1. The van der Waals surface area contributed by atoms with Gasteiger partial charge >= 0.3 is 5.69 Å². The van der Waals surface area contributed by atoms with Crippen LogP contribution in [0.25, 0.3) is 11.0 Å². The summed E-state index contributed by atoms with van der Waals surface area (Å²) in [6.45, 7) is 2.24. The van der Waals surface area contributed by atoms with Crippen molar-refractivity contribution >= 4 is 11.0 Å². The van der Waals surface area contributed by atoms with Crippen LogP contribution in [-0.2, 0) is 13.6 Å². The summed E-state index contributed by atoms with van der Waals surface area (Å²) in [5, 5.41) is 3.81. The van der Waals surface area contributed by atoms with Crippen molar-refractivity contribution < 1.29 is 0 Å². The van der Waals surface area contributed by atoms with Crippen LogP contribution in [0.2, 0.25) is 0 Å². The van der Waals surface area contributed by atoms with Gasteiger partial charge in [0.15, 0.2) is 0 Å². The third-order valence-electron chi connectivity index (χ3n) is 4.87. The average molecular weight is 336 g/mol. The van der Waals surface area contributed by atoms with E-state index in [0.717, 1.165) is 35.3 Å². The Labute approximate surface area is 144 Å². The number of hydrogen-bond acceptors (Lipinski definition) is 4. The molecule has 1 fully saturated rings. The molecule has 1 aliphatic heterocycles. The van der Waals surface area contributed by atoms with Crippen molar-refractivity contribution in [2.75, 3.05) is 13.1 Å². The predicted octanol–water partition coefficient (Wildman–Crippen LogP) is 1.22. The van der Waals surface area contributed by atoms with Crippen LogP contribution >= 0.6 is 0 Å². The van der Waals surface area contributed by atoms with Crippen LogP contribution in [0.15, 0.2) is 52.1 Å². The van der Waals surface area contributed by atoms with Crippen molar-refractivity contribution in [3.05, 3.63) is 74.6 Å². The number of fused-ring (bicyclic) bond motifs is 1. The first-order valence-electron chi connectivity index (χ1n) is 8.50. The summed E-state index contributed by atoms with van der Waals surface area (Å²) < 4.78 is 2.75. The lowest BCUT2D eigenvalue weighted by Crippen LogP contribution is -2.38. The molecule has 0 saturated carbocycles. The van der Waals surface area contributed by atoms with Crippen molar-refractivity contribution in [2.24, 2.45) is 7.05 Å². The summed E-state index contributed by atoms with van der Waals surface area (Å²) in [4.78, 5) is 29.9. The first-order valence-corrected chi connectivity index (χ1v) is 8.50. The highest BCUT2D eigenvalue weighted by atomic mass is 16.2. The van der Waals surface area contributed by atoms with Gasteiger partial charge in [0.1, 0.15) is 5.65 Å². The molecule has 0 unspecified atom stereocenters. The summed E-state index contributed by atoms with van der Waals surface area (Å²) in [5.74, 6) is 0.328. The molecule has 1 aromatic carbocycles. The van der Waals surface area contributed by atoms with Gasteiger partial charge in [-0.3, -0.25) is 13.9 Å². The molecule has 3 heterocycles. The Bertz CT molecular complexity index is 1030. The van der Waals surface area contributed by atoms with Gasteiger partial charge in [0, 0.05) is 25.2 Å². The Morgan fingerprint density at radius 1 is 1.16 bits per heavy atom. The lowest BCUT2D eigenvalue weighted by atomic mass is 10.0. The van der Waals surface area contributed by atoms with E-state index in [1.54, 1.807) is 10.6 Å². The van der Waals surface area contributed by atoms with Gasteiger partial charge in [-0.2, -0.15) is 0 Å². The predicted molar refractivity (Wildman–Crippen MR) is 97.0 cm³/mol. The van der Waals surface area contributed by atoms with Gasteiger partial charge in [0.25, 0.3) is 5.56 Å². The number of benzene rings is 1. The van der Waals surface area contributed by atoms with E-state index in [1.807, 2.05) is 36.4 Å². The molecule has 2 aromatic heterocycles. The first kappa shape index (κ1) is 15.8. The minimum absolute atomic E-state index is 0.298. The summed E-state index contributed by atoms with van der Waals surface area (Å²) in [5.41, 5.74) is 1.77. The molecule has 1 saturated heterocycles. The largest absolute Gasteiger partial charge is 0.332 e. The molecule has 1 aliphatic rings. The van der Waals surface area contributed by atoms with Gasteiger partial charge in [-0.05, 0) is 30.7 Å². The van der Waals surface area contributed by atoms with Gasteiger partial charge in [-0.15, -0.1) is 0 Å². The van der Waals surface area contributed by atoms with Gasteiger partial charge in [0.05, 0.1) is 11.9 Å². The Kier molecular flexibility index (Phi) is 3.97. The molecule has 0 aliphatic carbocycles. The van der Waals surface area contributed by atoms with Gasteiger partial charge < -0.3 is 5.32 Å². The maximum atomic E-state index is 12.7. The Morgan fingerprint density at radius 2 is 1.96 bits per heavy atom. The highest BCUT2D eigenvalue weighted by molar-refractivity contribution is 5.74. The molecular weight excluding hydrogens is 316 g/mol. The fraction of sp³-hybridized carbons (Fsp3) is 0.316. The number of hydrogen-bond donors (Lipinski definition) is 1. The summed E-state index contributed by atoms with van der Waals surface area (Å²) in [6.07, 6.45) is 1.02. The standard InChI is InChI=1S/C19H20N4O2/c1-22-18(24)15-7-8-16(14-9-10-20-11-14)21-17(15)23(19(22)25)12-13-5-3-2-4-6-13/h2-8,14,20H,9-12H2,1H3/t14-/m0/s1. The second-order valence-electron chi connectivity index (χ2n) is 6.52. The van der Waals surface area contributed by atoms with Crippen molar-refractivity contribution in [1.29, 1.82) is 0 Å². The second kappa shape index (κ2) is 6.29. The normalized spacial score (nSPS) is 17.2. The fourth-order valence-electron chi connectivity index (χ4n) is 3.42. The first-order chi connectivity index (χ1) is 12.1. The SMILES string of the molecule is Cn1c(=O)c2ccc([C@H]3CCNC3)nc2n(Cc2ccccc2)c1=O. The zero-order chi connectivity index (χ0) is 17.4. The minimum Gasteiger partial charge on any atom is -0.316 e. The number of nitrogens with zero attached hydrogens (tertiary/aromatic N) is 3. The number of nitrogens with one attached hydrogen (secondary N) is 1. The van der Waals surface area contributed by atoms with E-state index < -0.39 is 0 Å². The summed E-state index contributed by atoms with van der Waals surface area (Å²) >= 11 is 0. The van der Waals surface area contributed by atoms with E-state index in [0.29, 0.717) is 23.5 Å². The van der Waals surface area contributed by atoms with Gasteiger partial charge in [-0.1, -0.05) is 30.3 Å². The van der Waals surface area contributed by atoms with Crippen LogP contribution in [0.4, 0.5) is 0 Å². The topological polar surface area (TPSA) is 68.9 Å². The average Bonchev–Trinajstić information content (AvgIpc) is 3.18. The van der Waals surface area contributed by atoms with Crippen LogP contribution in [0.5, 0.6) is 0 Å². The third kappa shape index (κ3) is 2.78. The smallest absolute Gasteiger partial charge is 0.316 e. The van der Waals surface area contributed by atoms with E-state index >= 15 is 0 Å². The highest BCUT2D eigenvalue weighted by Gasteiger charge is 2.20. The molecular formula is C19H20N4O2. The quantitative estimate of drug-likeness (QED) is 0.781. The van der Waals surface area contributed by atoms with Gasteiger partial charge in [0.2, 0.25) is 0 Å².